The van der Waals surface area contributed by atoms with Gasteiger partial charge in [0.2, 0.25) is 0 Å². The molecule has 2 amide bonds. The molecule has 7 heteroatoms. The fourth-order valence-electron chi connectivity index (χ4n) is 3.27. The summed E-state index contributed by atoms with van der Waals surface area (Å²) in [5, 5.41) is 8.98. The van der Waals surface area contributed by atoms with Crippen LogP contribution in [0.1, 0.15) is 41.8 Å². The summed E-state index contributed by atoms with van der Waals surface area (Å²) in [5.74, 6) is -0.598. The van der Waals surface area contributed by atoms with Crippen LogP contribution in [-0.2, 0) is 9.59 Å². The third-order valence-electron chi connectivity index (χ3n) is 4.79. The Balaban J connectivity index is 2.01. The van der Waals surface area contributed by atoms with E-state index in [1.165, 1.54) is 0 Å². The fraction of sp³-hybridized carbons (Fsp3) is 0.292. The Hall–Kier alpha value is -3.61. The highest BCUT2D eigenvalue weighted by Gasteiger charge is 2.34. The molecule has 1 N–H and O–H groups in total. The van der Waals surface area contributed by atoms with Crippen LogP contribution in [0.3, 0.4) is 0 Å². The fourth-order valence-corrected chi connectivity index (χ4v) is 3.27. The Morgan fingerprint density at radius 3 is 2.42 bits per heavy atom. The van der Waals surface area contributed by atoms with Crippen molar-refractivity contribution in [2.75, 3.05) is 20.3 Å². The number of hydrogen-bond acceptors (Lipinski definition) is 5. The van der Waals surface area contributed by atoms with Gasteiger partial charge in [0.15, 0.2) is 11.5 Å². The first-order valence-corrected chi connectivity index (χ1v) is 10.0. The third kappa shape index (κ3) is 4.94. The molecule has 0 radical (unpaired) electrons. The SMILES string of the molecule is COc1cc(/C=C2\C(=O)N(CCC(=O)O)C(=O)c3ccccc32)ccc1OCC(C)C. The number of carbonyl (C=O) groups excluding carboxylic acids is 2. The standard InChI is InChI=1S/C24H25NO6/c1-15(2)14-31-20-9-8-16(13-21(20)30-3)12-19-17-6-4-5-7-18(17)23(28)25(24(19)29)11-10-22(26)27/h4-9,12-13,15H,10-11,14H2,1-3H3,(H,26,27)/b19-12-. The number of benzene rings is 2. The topological polar surface area (TPSA) is 93.1 Å². The number of fused-ring (bicyclic) bond motifs is 1. The van der Waals surface area contributed by atoms with Gasteiger partial charge in [-0.15, -0.1) is 0 Å². The molecule has 3 rings (SSSR count). The molecule has 0 aromatic heterocycles. The Bertz CT molecular complexity index is 1040. The number of carboxylic acids is 1. The van der Waals surface area contributed by atoms with Crippen molar-refractivity contribution in [3.05, 3.63) is 59.2 Å². The summed E-state index contributed by atoms with van der Waals surface area (Å²) < 4.78 is 11.2. The van der Waals surface area contributed by atoms with Crippen molar-refractivity contribution in [3.63, 3.8) is 0 Å². The van der Waals surface area contributed by atoms with Crippen molar-refractivity contribution in [2.45, 2.75) is 20.3 Å². The van der Waals surface area contributed by atoms with Crippen molar-refractivity contribution in [3.8, 4) is 11.5 Å². The first-order chi connectivity index (χ1) is 14.8. The maximum absolute atomic E-state index is 13.1. The van der Waals surface area contributed by atoms with Gasteiger partial charge in [-0.1, -0.05) is 38.1 Å². The maximum Gasteiger partial charge on any atom is 0.305 e. The van der Waals surface area contributed by atoms with E-state index in [0.29, 0.717) is 46.3 Å². The Kier molecular flexibility index (Phi) is 6.74. The minimum absolute atomic E-state index is 0.191. The van der Waals surface area contributed by atoms with Crippen LogP contribution in [0.15, 0.2) is 42.5 Å². The van der Waals surface area contributed by atoms with Gasteiger partial charge in [0, 0.05) is 17.7 Å². The number of aliphatic carboxylic acids is 1. The van der Waals surface area contributed by atoms with Crippen LogP contribution in [0, 0.1) is 5.92 Å². The number of rotatable bonds is 8. The molecule has 0 aliphatic carbocycles. The molecule has 1 heterocycles. The van der Waals surface area contributed by atoms with E-state index in [-0.39, 0.29) is 13.0 Å². The Morgan fingerprint density at radius 1 is 1.06 bits per heavy atom. The smallest absolute Gasteiger partial charge is 0.305 e. The molecule has 31 heavy (non-hydrogen) atoms. The molecule has 162 valence electrons. The van der Waals surface area contributed by atoms with E-state index in [4.69, 9.17) is 14.6 Å². The van der Waals surface area contributed by atoms with Gasteiger partial charge in [-0.05, 0) is 41.3 Å². The molecule has 1 aliphatic rings. The molecule has 1 aliphatic heterocycles. The van der Waals surface area contributed by atoms with E-state index in [1.807, 2.05) is 0 Å². The van der Waals surface area contributed by atoms with Gasteiger partial charge in [0.25, 0.3) is 11.8 Å². The molecule has 2 aromatic carbocycles. The predicted molar refractivity (Wildman–Crippen MR) is 116 cm³/mol. The lowest BCUT2D eigenvalue weighted by Crippen LogP contribution is -2.42. The minimum atomic E-state index is -1.08. The highest BCUT2D eigenvalue weighted by atomic mass is 16.5. The van der Waals surface area contributed by atoms with Crippen molar-refractivity contribution in [1.29, 1.82) is 0 Å². The number of amides is 2. The van der Waals surface area contributed by atoms with Crippen LogP contribution in [0.25, 0.3) is 11.6 Å². The van der Waals surface area contributed by atoms with Crippen molar-refractivity contribution in [1.82, 2.24) is 4.90 Å². The second-order valence-electron chi connectivity index (χ2n) is 7.62. The summed E-state index contributed by atoms with van der Waals surface area (Å²) in [4.78, 5) is 37.8. The molecule has 0 bridgehead atoms. The molecular formula is C24H25NO6. The summed E-state index contributed by atoms with van der Waals surface area (Å²) in [6.45, 7) is 4.46. The average molecular weight is 423 g/mol. The van der Waals surface area contributed by atoms with Gasteiger partial charge in [-0.25, -0.2) is 0 Å². The van der Waals surface area contributed by atoms with E-state index in [9.17, 15) is 14.4 Å². The highest BCUT2D eigenvalue weighted by Crippen LogP contribution is 2.33. The van der Waals surface area contributed by atoms with Gasteiger partial charge in [0.05, 0.1) is 20.1 Å². The van der Waals surface area contributed by atoms with E-state index in [0.717, 1.165) is 4.90 Å². The van der Waals surface area contributed by atoms with Gasteiger partial charge in [-0.2, -0.15) is 0 Å². The molecule has 2 aromatic rings. The van der Waals surface area contributed by atoms with Gasteiger partial charge in [0.1, 0.15) is 0 Å². The minimum Gasteiger partial charge on any atom is -0.493 e. The van der Waals surface area contributed by atoms with Gasteiger partial charge in [-0.3, -0.25) is 19.3 Å². The molecule has 0 atom stereocenters. The summed E-state index contributed by atoms with van der Waals surface area (Å²) in [7, 11) is 1.54. The number of nitrogens with zero attached hydrogens (tertiary/aromatic N) is 1. The molecule has 0 unspecified atom stereocenters. The van der Waals surface area contributed by atoms with Crippen molar-refractivity contribution in [2.24, 2.45) is 5.92 Å². The summed E-state index contributed by atoms with van der Waals surface area (Å²) >= 11 is 0. The zero-order valence-corrected chi connectivity index (χ0v) is 17.8. The summed E-state index contributed by atoms with van der Waals surface area (Å²) in [6.07, 6.45) is 1.36. The van der Waals surface area contributed by atoms with E-state index in [1.54, 1.807) is 55.7 Å². The number of imide groups is 1. The van der Waals surface area contributed by atoms with Crippen LogP contribution < -0.4 is 9.47 Å². The molecular weight excluding hydrogens is 398 g/mol. The maximum atomic E-state index is 13.1. The van der Waals surface area contributed by atoms with Crippen LogP contribution in [0.5, 0.6) is 11.5 Å². The zero-order chi connectivity index (χ0) is 22.5. The second kappa shape index (κ2) is 9.47. The third-order valence-corrected chi connectivity index (χ3v) is 4.79. The van der Waals surface area contributed by atoms with Crippen LogP contribution >= 0.6 is 0 Å². The predicted octanol–water partition coefficient (Wildman–Crippen LogP) is 3.73. The molecule has 0 fully saturated rings. The molecule has 0 saturated carbocycles. The Morgan fingerprint density at radius 2 is 1.77 bits per heavy atom. The summed E-state index contributed by atoms with van der Waals surface area (Å²) in [6, 6.07) is 12.2. The van der Waals surface area contributed by atoms with Gasteiger partial charge >= 0.3 is 5.97 Å². The second-order valence-corrected chi connectivity index (χ2v) is 7.62. The van der Waals surface area contributed by atoms with Crippen LogP contribution in [0.4, 0.5) is 0 Å². The summed E-state index contributed by atoms with van der Waals surface area (Å²) in [5.41, 5.74) is 1.89. The van der Waals surface area contributed by atoms with Crippen LogP contribution in [0.2, 0.25) is 0 Å². The quantitative estimate of drug-likeness (QED) is 0.514. The largest absolute Gasteiger partial charge is 0.493 e. The number of carboxylic acid groups (broad SMARTS) is 1. The first-order valence-electron chi connectivity index (χ1n) is 10.0. The zero-order valence-electron chi connectivity index (χ0n) is 17.8. The average Bonchev–Trinajstić information content (AvgIpc) is 2.75. The van der Waals surface area contributed by atoms with E-state index in [2.05, 4.69) is 13.8 Å². The lowest BCUT2D eigenvalue weighted by Gasteiger charge is -2.28. The van der Waals surface area contributed by atoms with E-state index < -0.39 is 17.8 Å². The first kappa shape index (κ1) is 22.1. The molecule has 0 saturated heterocycles. The Labute approximate surface area is 180 Å². The number of ether oxygens (including phenoxy) is 2. The lowest BCUT2D eigenvalue weighted by atomic mass is 9.92. The van der Waals surface area contributed by atoms with Crippen molar-refractivity contribution < 1.29 is 29.0 Å². The van der Waals surface area contributed by atoms with Crippen molar-refractivity contribution >= 4 is 29.4 Å². The monoisotopic (exact) mass is 423 g/mol. The molecule has 7 nitrogen and oxygen atoms in total. The van der Waals surface area contributed by atoms with Crippen LogP contribution in [-0.4, -0.2) is 48.1 Å². The van der Waals surface area contributed by atoms with Gasteiger partial charge < -0.3 is 14.6 Å². The number of methoxy groups -OCH3 is 1. The highest BCUT2D eigenvalue weighted by molar-refractivity contribution is 6.33. The number of carbonyl (C=O) groups is 3. The lowest BCUT2D eigenvalue weighted by molar-refractivity contribution is -0.137. The van der Waals surface area contributed by atoms with E-state index >= 15 is 0 Å². The number of hydrogen-bond donors (Lipinski definition) is 1. The normalized spacial score (nSPS) is 14.7. The molecule has 0 spiro atoms.